The van der Waals surface area contributed by atoms with Crippen LogP contribution in [0.5, 0.6) is 0 Å². The number of nitrogens with zero attached hydrogens (tertiary/aromatic N) is 5. The van der Waals surface area contributed by atoms with Gasteiger partial charge in [0.05, 0.1) is 42.9 Å². The topological polar surface area (TPSA) is 65.2 Å². The third-order valence-electron chi connectivity index (χ3n) is 6.31. The SMILES string of the molecule is Cc1cc(-c2csc(Cn3c(CN4CCOCC4)nc4ccccc4c3=O)n2)c(C)n1C. The monoisotopic (exact) mass is 449 g/mol. The summed E-state index contributed by atoms with van der Waals surface area (Å²) in [6, 6.07) is 9.74. The summed E-state index contributed by atoms with van der Waals surface area (Å²) in [5, 5.41) is 3.63. The maximum absolute atomic E-state index is 13.4. The zero-order chi connectivity index (χ0) is 22.2. The molecule has 1 saturated heterocycles. The third kappa shape index (κ3) is 3.90. The van der Waals surface area contributed by atoms with E-state index in [4.69, 9.17) is 14.7 Å². The van der Waals surface area contributed by atoms with Crippen molar-refractivity contribution in [3.63, 3.8) is 0 Å². The minimum Gasteiger partial charge on any atom is -0.379 e. The van der Waals surface area contributed by atoms with Gasteiger partial charge in [0, 0.05) is 42.5 Å². The Bertz CT molecular complexity index is 1330. The molecule has 1 aliphatic rings. The smallest absolute Gasteiger partial charge is 0.261 e. The molecule has 0 spiro atoms. The fourth-order valence-electron chi connectivity index (χ4n) is 4.21. The van der Waals surface area contributed by atoms with Crippen LogP contribution in [0.3, 0.4) is 0 Å². The van der Waals surface area contributed by atoms with Crippen LogP contribution in [-0.2, 0) is 24.9 Å². The van der Waals surface area contributed by atoms with Crippen LogP contribution in [0.25, 0.3) is 22.2 Å². The summed E-state index contributed by atoms with van der Waals surface area (Å²) in [5.41, 5.74) is 5.23. The van der Waals surface area contributed by atoms with Gasteiger partial charge in [-0.1, -0.05) is 12.1 Å². The Balaban J connectivity index is 1.52. The number of ether oxygens (including phenoxy) is 1. The van der Waals surface area contributed by atoms with Gasteiger partial charge < -0.3 is 9.30 Å². The molecule has 0 saturated carbocycles. The second-order valence-electron chi connectivity index (χ2n) is 8.30. The predicted molar refractivity (Wildman–Crippen MR) is 127 cm³/mol. The Morgan fingerprint density at radius 3 is 2.62 bits per heavy atom. The van der Waals surface area contributed by atoms with Gasteiger partial charge in [-0.25, -0.2) is 9.97 Å². The van der Waals surface area contributed by atoms with Crippen molar-refractivity contribution >= 4 is 22.2 Å². The molecule has 0 atom stereocenters. The van der Waals surface area contributed by atoms with Crippen molar-refractivity contribution in [1.82, 2.24) is 24.0 Å². The molecule has 0 radical (unpaired) electrons. The molecule has 0 aliphatic carbocycles. The minimum atomic E-state index is -0.0117. The van der Waals surface area contributed by atoms with Crippen LogP contribution >= 0.6 is 11.3 Å². The number of rotatable bonds is 5. The minimum absolute atomic E-state index is 0.0117. The molecule has 5 rings (SSSR count). The van der Waals surface area contributed by atoms with Crippen LogP contribution in [0.1, 0.15) is 22.2 Å². The van der Waals surface area contributed by atoms with E-state index < -0.39 is 0 Å². The van der Waals surface area contributed by atoms with E-state index in [1.54, 1.807) is 15.9 Å². The standard InChI is InChI=1S/C24H27N5O2S/c1-16-12-19(17(2)27(16)3)21-15-32-23(26-21)14-29-22(13-28-8-10-31-11-9-28)25-20-7-5-4-6-18(20)24(29)30/h4-7,12,15H,8-11,13-14H2,1-3H3. The number of aryl methyl sites for hydroxylation is 1. The molecule has 32 heavy (non-hydrogen) atoms. The summed E-state index contributed by atoms with van der Waals surface area (Å²) in [6.45, 7) is 8.37. The third-order valence-corrected chi connectivity index (χ3v) is 7.14. The lowest BCUT2D eigenvalue weighted by molar-refractivity contribution is 0.0325. The van der Waals surface area contributed by atoms with E-state index in [9.17, 15) is 4.79 Å². The van der Waals surface area contributed by atoms with E-state index in [1.807, 2.05) is 24.3 Å². The summed E-state index contributed by atoms with van der Waals surface area (Å²) in [6.07, 6.45) is 0. The van der Waals surface area contributed by atoms with E-state index >= 15 is 0 Å². The van der Waals surface area contributed by atoms with Crippen molar-refractivity contribution < 1.29 is 4.74 Å². The Labute approximate surface area is 190 Å². The van der Waals surface area contributed by atoms with Crippen LogP contribution in [-0.4, -0.2) is 50.3 Å². The maximum atomic E-state index is 13.4. The van der Waals surface area contributed by atoms with E-state index in [0.717, 1.165) is 40.7 Å². The number of benzene rings is 1. The lowest BCUT2D eigenvalue weighted by Crippen LogP contribution is -2.38. The number of thiazole rings is 1. The highest BCUT2D eigenvalue weighted by atomic mass is 32.1. The molecule has 0 bridgehead atoms. The van der Waals surface area contributed by atoms with Crippen LogP contribution in [0, 0.1) is 13.8 Å². The summed E-state index contributed by atoms with van der Waals surface area (Å²) in [4.78, 5) is 25.5. The van der Waals surface area contributed by atoms with Gasteiger partial charge in [-0.2, -0.15) is 0 Å². The second-order valence-corrected chi connectivity index (χ2v) is 9.24. The normalized spacial score (nSPS) is 15.0. The fraction of sp³-hybridized carbons (Fsp3) is 0.375. The molecule has 7 nitrogen and oxygen atoms in total. The van der Waals surface area contributed by atoms with Crippen molar-refractivity contribution in [2.75, 3.05) is 26.3 Å². The fourth-order valence-corrected chi connectivity index (χ4v) is 5.00. The Morgan fingerprint density at radius 2 is 1.88 bits per heavy atom. The number of aromatic nitrogens is 4. The van der Waals surface area contributed by atoms with Crippen molar-refractivity contribution in [2.45, 2.75) is 26.9 Å². The Kier molecular flexibility index (Phi) is 5.67. The molecule has 0 unspecified atom stereocenters. The zero-order valence-electron chi connectivity index (χ0n) is 18.7. The Morgan fingerprint density at radius 1 is 1.09 bits per heavy atom. The Hall–Kier alpha value is -2.81. The van der Waals surface area contributed by atoms with Gasteiger partial charge >= 0.3 is 0 Å². The number of morpholine rings is 1. The molecule has 4 aromatic rings. The highest BCUT2D eigenvalue weighted by Crippen LogP contribution is 2.28. The lowest BCUT2D eigenvalue weighted by Gasteiger charge is -2.27. The molecular formula is C24H27N5O2S. The van der Waals surface area contributed by atoms with Gasteiger partial charge in [0.1, 0.15) is 10.8 Å². The van der Waals surface area contributed by atoms with Crippen LogP contribution in [0.15, 0.2) is 40.5 Å². The van der Waals surface area contributed by atoms with Gasteiger partial charge in [-0.05, 0) is 32.0 Å². The number of fused-ring (bicyclic) bond motifs is 1. The molecule has 3 aromatic heterocycles. The van der Waals surface area contributed by atoms with E-state index in [2.05, 4.69) is 41.8 Å². The molecule has 0 amide bonds. The zero-order valence-corrected chi connectivity index (χ0v) is 19.5. The van der Waals surface area contributed by atoms with Gasteiger partial charge in [0.25, 0.3) is 5.56 Å². The van der Waals surface area contributed by atoms with Crippen LogP contribution in [0.4, 0.5) is 0 Å². The van der Waals surface area contributed by atoms with E-state index in [-0.39, 0.29) is 5.56 Å². The van der Waals surface area contributed by atoms with Crippen LogP contribution < -0.4 is 5.56 Å². The van der Waals surface area contributed by atoms with E-state index in [0.29, 0.717) is 31.7 Å². The first-order valence-corrected chi connectivity index (χ1v) is 11.8. The number of para-hydroxylation sites is 1. The highest BCUT2D eigenvalue weighted by molar-refractivity contribution is 7.09. The van der Waals surface area contributed by atoms with Crippen molar-refractivity contribution in [2.24, 2.45) is 7.05 Å². The largest absolute Gasteiger partial charge is 0.379 e. The maximum Gasteiger partial charge on any atom is 0.261 e. The summed E-state index contributed by atoms with van der Waals surface area (Å²) >= 11 is 1.59. The summed E-state index contributed by atoms with van der Waals surface area (Å²) < 4.78 is 9.45. The lowest BCUT2D eigenvalue weighted by atomic mass is 10.2. The van der Waals surface area contributed by atoms with Crippen molar-refractivity contribution in [1.29, 1.82) is 0 Å². The number of hydrogen-bond donors (Lipinski definition) is 0. The van der Waals surface area contributed by atoms with E-state index in [1.165, 1.54) is 11.4 Å². The first-order valence-electron chi connectivity index (χ1n) is 10.9. The quantitative estimate of drug-likeness (QED) is 0.468. The molecule has 8 heteroatoms. The molecule has 1 aromatic carbocycles. The van der Waals surface area contributed by atoms with Crippen molar-refractivity contribution in [3.05, 3.63) is 68.3 Å². The average molecular weight is 450 g/mol. The van der Waals surface area contributed by atoms with Gasteiger partial charge in [0.15, 0.2) is 0 Å². The first-order chi connectivity index (χ1) is 15.5. The number of hydrogen-bond acceptors (Lipinski definition) is 6. The molecule has 1 fully saturated rings. The van der Waals surface area contributed by atoms with Crippen molar-refractivity contribution in [3.8, 4) is 11.3 Å². The van der Waals surface area contributed by atoms with Gasteiger partial charge in [-0.15, -0.1) is 11.3 Å². The molecule has 4 heterocycles. The summed E-state index contributed by atoms with van der Waals surface area (Å²) in [7, 11) is 2.07. The molecule has 1 aliphatic heterocycles. The average Bonchev–Trinajstić information content (AvgIpc) is 3.37. The highest BCUT2D eigenvalue weighted by Gasteiger charge is 2.18. The van der Waals surface area contributed by atoms with Crippen LogP contribution in [0.2, 0.25) is 0 Å². The molecule has 0 N–H and O–H groups in total. The first kappa shape index (κ1) is 21.1. The van der Waals surface area contributed by atoms with Gasteiger partial charge in [-0.3, -0.25) is 14.3 Å². The second kappa shape index (κ2) is 8.61. The predicted octanol–water partition coefficient (Wildman–Crippen LogP) is 3.36. The molecule has 166 valence electrons. The molecular weight excluding hydrogens is 422 g/mol. The van der Waals surface area contributed by atoms with Gasteiger partial charge in [0.2, 0.25) is 0 Å². The summed E-state index contributed by atoms with van der Waals surface area (Å²) in [5.74, 6) is 0.777.